The number of rotatable bonds is 1. The van der Waals surface area contributed by atoms with Gasteiger partial charge in [-0.25, -0.2) is 4.21 Å². The molecule has 4 rings (SSSR count). The Morgan fingerprint density at radius 2 is 1.95 bits per heavy atom. The summed E-state index contributed by atoms with van der Waals surface area (Å²) in [5.41, 5.74) is 0.629. The molecule has 1 aliphatic heterocycles. The minimum atomic E-state index is -2.84. The Labute approximate surface area is 140 Å². The number of benzene rings is 2. The van der Waals surface area contributed by atoms with E-state index < -0.39 is 9.73 Å². The molecule has 0 spiro atoms. The molecule has 0 radical (unpaired) electrons. The Morgan fingerprint density at radius 1 is 1.18 bits per heavy atom. The van der Waals surface area contributed by atoms with Crippen LogP contribution in [0.1, 0.15) is 0 Å². The van der Waals surface area contributed by atoms with Gasteiger partial charge in [-0.15, -0.1) is 0 Å². The maximum absolute atomic E-state index is 13.6. The van der Waals surface area contributed by atoms with Gasteiger partial charge < -0.3 is 0 Å². The van der Waals surface area contributed by atoms with Gasteiger partial charge in [0.1, 0.15) is 16.1 Å². The summed E-state index contributed by atoms with van der Waals surface area (Å²) in [5.74, 6) is 0.305. The highest BCUT2D eigenvalue weighted by molar-refractivity contribution is 9.10. The second kappa shape index (κ2) is 4.91. The number of aromatic nitrogens is 3. The highest BCUT2D eigenvalue weighted by Gasteiger charge is 2.29. The zero-order valence-electron chi connectivity index (χ0n) is 11.0. The minimum absolute atomic E-state index is 0.305. The van der Waals surface area contributed by atoms with Crippen LogP contribution in [0.5, 0.6) is 0 Å². The lowest BCUT2D eigenvalue weighted by atomic mass is 10.3. The van der Waals surface area contributed by atoms with Crippen molar-refractivity contribution in [1.29, 1.82) is 0 Å². The zero-order valence-corrected chi connectivity index (χ0v) is 14.1. The van der Waals surface area contributed by atoms with Crippen molar-refractivity contribution in [3.05, 3.63) is 58.3 Å². The van der Waals surface area contributed by atoms with Crippen molar-refractivity contribution < 1.29 is 4.21 Å². The third-order valence-corrected chi connectivity index (χ3v) is 6.78. The molecule has 0 saturated heterocycles. The van der Waals surface area contributed by atoms with Gasteiger partial charge in [0, 0.05) is 4.47 Å². The molecular weight excluding hydrogens is 388 g/mol. The molecule has 1 aliphatic rings. The summed E-state index contributed by atoms with van der Waals surface area (Å²) in [6.45, 7) is 0. The van der Waals surface area contributed by atoms with Crippen LogP contribution in [0.2, 0.25) is 5.02 Å². The van der Waals surface area contributed by atoms with Crippen molar-refractivity contribution in [1.82, 2.24) is 14.8 Å². The molecule has 0 N–H and O–H groups in total. The lowest BCUT2D eigenvalue weighted by molar-refractivity contribution is 0.672. The Balaban J connectivity index is 2.15. The fourth-order valence-corrected chi connectivity index (χ4v) is 5.02. The molecule has 2 heterocycles. The van der Waals surface area contributed by atoms with Gasteiger partial charge in [-0.05, 0) is 40.2 Å². The molecule has 0 fully saturated rings. The van der Waals surface area contributed by atoms with E-state index in [-0.39, 0.29) is 0 Å². The Morgan fingerprint density at radius 3 is 2.73 bits per heavy atom. The first-order chi connectivity index (χ1) is 10.6. The Hall–Kier alpha value is -1.70. The van der Waals surface area contributed by atoms with E-state index in [1.807, 2.05) is 18.2 Å². The third-order valence-electron chi connectivity index (χ3n) is 3.33. The second-order valence-corrected chi connectivity index (χ2v) is 8.04. The van der Waals surface area contributed by atoms with Crippen LogP contribution in [0.3, 0.4) is 0 Å². The van der Waals surface area contributed by atoms with Gasteiger partial charge in [-0.1, -0.05) is 29.8 Å². The maximum atomic E-state index is 13.6. The van der Waals surface area contributed by atoms with Crippen LogP contribution in [0.15, 0.2) is 67.4 Å². The summed E-state index contributed by atoms with van der Waals surface area (Å²) in [6.07, 6.45) is 1.38. The van der Waals surface area contributed by atoms with Crippen LogP contribution in [0, 0.1) is 0 Å². The van der Waals surface area contributed by atoms with E-state index in [1.54, 1.807) is 28.9 Å². The molecule has 1 atom stereocenters. The van der Waals surface area contributed by atoms with Crippen LogP contribution >= 0.6 is 27.5 Å². The van der Waals surface area contributed by atoms with Crippen LogP contribution in [-0.2, 0) is 9.73 Å². The molecular formula is C14H8BrClN4OS. The van der Waals surface area contributed by atoms with Gasteiger partial charge in [-0.2, -0.15) is 19.1 Å². The molecule has 0 aliphatic carbocycles. The minimum Gasteiger partial charge on any atom is -0.239 e. The van der Waals surface area contributed by atoms with Crippen molar-refractivity contribution in [3.63, 3.8) is 0 Å². The number of fused-ring (bicyclic) bond motifs is 3. The number of hydrogen-bond acceptors (Lipinski definition) is 4. The first-order valence-electron chi connectivity index (χ1n) is 6.31. The van der Waals surface area contributed by atoms with Crippen LogP contribution in [-0.4, -0.2) is 19.0 Å². The SMILES string of the molecule is O=S1(c2ccccc2)=Nc2ncnn2-c2cc(Cl)c(Br)cc21. The maximum Gasteiger partial charge on any atom is 0.261 e. The van der Waals surface area contributed by atoms with E-state index in [0.29, 0.717) is 30.9 Å². The summed E-state index contributed by atoms with van der Waals surface area (Å²) in [5, 5.41) is 4.65. The first kappa shape index (κ1) is 13.9. The molecule has 0 saturated carbocycles. The van der Waals surface area contributed by atoms with E-state index in [4.69, 9.17) is 11.6 Å². The fourth-order valence-electron chi connectivity index (χ4n) is 2.32. The molecule has 1 unspecified atom stereocenters. The molecule has 3 aromatic rings. The fraction of sp³-hybridized carbons (Fsp3) is 0. The van der Waals surface area contributed by atoms with Crippen molar-refractivity contribution in [2.24, 2.45) is 4.36 Å². The predicted molar refractivity (Wildman–Crippen MR) is 87.3 cm³/mol. The summed E-state index contributed by atoms with van der Waals surface area (Å²) in [4.78, 5) is 5.27. The van der Waals surface area contributed by atoms with E-state index in [1.165, 1.54) is 6.33 Å². The van der Waals surface area contributed by atoms with Crippen LogP contribution in [0.25, 0.3) is 5.69 Å². The van der Waals surface area contributed by atoms with Gasteiger partial charge in [0.25, 0.3) is 5.95 Å². The normalized spacial score (nSPS) is 19.2. The average Bonchev–Trinajstić information content (AvgIpc) is 2.98. The monoisotopic (exact) mass is 394 g/mol. The highest BCUT2D eigenvalue weighted by atomic mass is 79.9. The topological polar surface area (TPSA) is 60.1 Å². The lowest BCUT2D eigenvalue weighted by Gasteiger charge is -2.20. The van der Waals surface area contributed by atoms with Gasteiger partial charge in [-0.3, -0.25) is 0 Å². The van der Waals surface area contributed by atoms with Gasteiger partial charge in [0.2, 0.25) is 0 Å². The van der Waals surface area contributed by atoms with Crippen molar-refractivity contribution in [2.75, 3.05) is 0 Å². The second-order valence-electron chi connectivity index (χ2n) is 4.64. The van der Waals surface area contributed by atoms with E-state index in [9.17, 15) is 4.21 Å². The molecule has 2 aromatic carbocycles. The molecule has 5 nitrogen and oxygen atoms in total. The smallest absolute Gasteiger partial charge is 0.239 e. The summed E-state index contributed by atoms with van der Waals surface area (Å²) in [7, 11) is -2.84. The van der Waals surface area contributed by atoms with Gasteiger partial charge >= 0.3 is 0 Å². The largest absolute Gasteiger partial charge is 0.261 e. The van der Waals surface area contributed by atoms with Gasteiger partial charge in [0.05, 0.1) is 20.5 Å². The number of nitrogens with zero attached hydrogens (tertiary/aromatic N) is 4. The Kier molecular flexibility index (Phi) is 3.11. The number of hydrogen-bond donors (Lipinski definition) is 0. The molecule has 110 valence electrons. The van der Waals surface area contributed by atoms with Crippen molar-refractivity contribution in [2.45, 2.75) is 9.79 Å². The summed E-state index contributed by atoms with van der Waals surface area (Å²) >= 11 is 9.57. The quantitative estimate of drug-likeness (QED) is 0.485. The first-order valence-corrected chi connectivity index (χ1v) is 9.00. The molecule has 0 amide bonds. The average molecular weight is 396 g/mol. The molecule has 22 heavy (non-hydrogen) atoms. The molecule has 1 aromatic heterocycles. The predicted octanol–water partition coefficient (Wildman–Crippen LogP) is 4.21. The standard InChI is InChI=1S/C14H8BrClN4OS/c15-10-6-13-12(7-11(10)16)20-14(17-8-18-20)19-22(13,21)9-4-2-1-3-5-9/h1-8H. The zero-order chi connectivity index (χ0) is 15.3. The van der Waals surface area contributed by atoms with E-state index in [0.717, 1.165) is 0 Å². The highest BCUT2D eigenvalue weighted by Crippen LogP contribution is 2.40. The van der Waals surface area contributed by atoms with Crippen molar-refractivity contribution in [3.8, 4) is 5.69 Å². The number of halogens is 2. The van der Waals surface area contributed by atoms with Crippen LogP contribution < -0.4 is 0 Å². The Bertz CT molecular complexity index is 1010. The summed E-state index contributed by atoms with van der Waals surface area (Å²) < 4.78 is 20.2. The van der Waals surface area contributed by atoms with E-state index in [2.05, 4.69) is 30.4 Å². The van der Waals surface area contributed by atoms with Gasteiger partial charge in [0.15, 0.2) is 0 Å². The van der Waals surface area contributed by atoms with E-state index >= 15 is 0 Å². The third kappa shape index (κ3) is 1.93. The molecule has 0 bridgehead atoms. The van der Waals surface area contributed by atoms with Crippen LogP contribution in [0.4, 0.5) is 5.95 Å². The summed E-state index contributed by atoms with van der Waals surface area (Å²) in [6, 6.07) is 12.6. The lowest BCUT2D eigenvalue weighted by Crippen LogP contribution is -2.13. The van der Waals surface area contributed by atoms with Crippen molar-refractivity contribution >= 4 is 43.2 Å². The molecule has 8 heteroatoms.